The first-order valence-electron chi connectivity index (χ1n) is 6.34. The smallest absolute Gasteiger partial charge is 0.347 e. The molecule has 2 N–H and O–H groups in total. The van der Waals surface area contributed by atoms with Crippen molar-refractivity contribution >= 4 is 5.91 Å². The lowest BCUT2D eigenvalue weighted by Gasteiger charge is -2.24. The van der Waals surface area contributed by atoms with E-state index in [4.69, 9.17) is 5.11 Å². The van der Waals surface area contributed by atoms with Crippen molar-refractivity contribution in [3.63, 3.8) is 0 Å². The molecule has 0 bridgehead atoms. The number of amides is 1. The Morgan fingerprint density at radius 1 is 1.53 bits per heavy atom. The maximum atomic E-state index is 11.7. The van der Waals surface area contributed by atoms with E-state index in [1.54, 1.807) is 6.07 Å². The van der Waals surface area contributed by atoms with Gasteiger partial charge in [0.25, 0.3) is 0 Å². The molecule has 1 rings (SSSR count). The molecule has 0 saturated carbocycles. The first-order valence-corrected chi connectivity index (χ1v) is 6.34. The normalized spacial score (nSPS) is 11.3. The Labute approximate surface area is 112 Å². The molecule has 1 amide bonds. The Morgan fingerprint density at radius 2 is 2.26 bits per heavy atom. The first-order chi connectivity index (χ1) is 8.94. The van der Waals surface area contributed by atoms with Crippen LogP contribution in [0.25, 0.3) is 0 Å². The average Bonchev–Trinajstić information content (AvgIpc) is 2.37. The Kier molecular flexibility index (Phi) is 5.69. The third-order valence-corrected chi connectivity index (χ3v) is 2.87. The highest BCUT2D eigenvalue weighted by molar-refractivity contribution is 5.75. The summed E-state index contributed by atoms with van der Waals surface area (Å²) in [6, 6.07) is 1.61. The van der Waals surface area contributed by atoms with E-state index in [-0.39, 0.29) is 24.5 Å². The Morgan fingerprint density at radius 3 is 2.89 bits per heavy atom. The van der Waals surface area contributed by atoms with Gasteiger partial charge in [-0.25, -0.2) is 9.78 Å². The molecule has 0 aliphatic carbocycles. The zero-order valence-electron chi connectivity index (χ0n) is 11.4. The highest BCUT2D eigenvalue weighted by Gasteiger charge is 2.18. The summed E-state index contributed by atoms with van der Waals surface area (Å²) >= 11 is 0. The summed E-state index contributed by atoms with van der Waals surface area (Å²) in [5, 5.41) is 11.6. The molecule has 6 nitrogen and oxygen atoms in total. The Bertz CT molecular complexity index is 468. The maximum absolute atomic E-state index is 11.7. The van der Waals surface area contributed by atoms with Gasteiger partial charge in [0.15, 0.2) is 0 Å². The highest BCUT2D eigenvalue weighted by Crippen LogP contribution is 2.20. The molecule has 0 unspecified atom stereocenters. The van der Waals surface area contributed by atoms with Gasteiger partial charge in [-0.3, -0.25) is 9.36 Å². The van der Waals surface area contributed by atoms with Crippen LogP contribution in [0.3, 0.4) is 0 Å². The van der Waals surface area contributed by atoms with Crippen molar-refractivity contribution in [2.24, 2.45) is 5.41 Å². The molecule has 1 aromatic heterocycles. The number of carbonyl (C=O) groups is 1. The molecule has 1 aromatic rings. The number of hydrogen-bond donors (Lipinski definition) is 2. The molecule has 1 heterocycles. The lowest BCUT2D eigenvalue weighted by molar-refractivity contribution is -0.122. The second-order valence-electron chi connectivity index (χ2n) is 5.30. The van der Waals surface area contributed by atoms with Crippen LogP contribution in [0.15, 0.2) is 23.3 Å². The number of rotatable bonds is 7. The second-order valence-corrected chi connectivity index (χ2v) is 5.30. The van der Waals surface area contributed by atoms with Crippen molar-refractivity contribution in [2.45, 2.75) is 33.2 Å². The summed E-state index contributed by atoms with van der Waals surface area (Å²) in [5.41, 5.74) is -0.504. The number of aromatic nitrogens is 2. The van der Waals surface area contributed by atoms with Crippen LogP contribution in [-0.4, -0.2) is 33.7 Å². The molecule has 0 radical (unpaired) electrons. The molecular weight excluding hydrogens is 246 g/mol. The van der Waals surface area contributed by atoms with E-state index in [0.717, 1.165) is 6.42 Å². The van der Waals surface area contributed by atoms with E-state index >= 15 is 0 Å². The van der Waals surface area contributed by atoms with Crippen molar-refractivity contribution in [1.82, 2.24) is 14.9 Å². The second kappa shape index (κ2) is 7.04. The van der Waals surface area contributed by atoms with Gasteiger partial charge in [-0.1, -0.05) is 13.8 Å². The molecule has 0 aliphatic rings. The van der Waals surface area contributed by atoms with Gasteiger partial charge in [0.05, 0.1) is 0 Å². The zero-order chi connectivity index (χ0) is 14.3. The van der Waals surface area contributed by atoms with E-state index < -0.39 is 5.69 Å². The van der Waals surface area contributed by atoms with Crippen LogP contribution in [0, 0.1) is 5.41 Å². The van der Waals surface area contributed by atoms with Gasteiger partial charge in [-0.15, -0.1) is 0 Å². The minimum Gasteiger partial charge on any atom is -0.396 e. The Balaban J connectivity index is 2.44. The molecule has 106 valence electrons. The number of nitrogens with one attached hydrogen (secondary N) is 1. The van der Waals surface area contributed by atoms with Gasteiger partial charge >= 0.3 is 5.69 Å². The van der Waals surface area contributed by atoms with Crippen LogP contribution in [0.1, 0.15) is 26.7 Å². The first kappa shape index (κ1) is 15.4. The van der Waals surface area contributed by atoms with Crippen molar-refractivity contribution in [2.75, 3.05) is 13.2 Å². The molecule has 0 aromatic carbocycles. The van der Waals surface area contributed by atoms with Gasteiger partial charge < -0.3 is 10.4 Å². The minimum atomic E-state index is -0.433. The highest BCUT2D eigenvalue weighted by atomic mass is 16.3. The molecule has 6 heteroatoms. The van der Waals surface area contributed by atoms with Gasteiger partial charge in [0.1, 0.15) is 6.54 Å². The van der Waals surface area contributed by atoms with Crippen LogP contribution in [0.2, 0.25) is 0 Å². The number of hydrogen-bond acceptors (Lipinski definition) is 4. The van der Waals surface area contributed by atoms with E-state index in [9.17, 15) is 9.59 Å². The lowest BCUT2D eigenvalue weighted by atomic mass is 9.88. The molecule has 0 spiro atoms. The van der Waals surface area contributed by atoms with E-state index in [2.05, 4.69) is 10.3 Å². The average molecular weight is 267 g/mol. The fourth-order valence-corrected chi connectivity index (χ4v) is 1.70. The number of aliphatic hydroxyl groups is 1. The third kappa shape index (κ3) is 5.65. The largest absolute Gasteiger partial charge is 0.396 e. The van der Waals surface area contributed by atoms with Gasteiger partial charge in [-0.2, -0.15) is 0 Å². The summed E-state index contributed by atoms with van der Waals surface area (Å²) in [6.07, 6.45) is 4.47. The van der Waals surface area contributed by atoms with Crippen molar-refractivity contribution in [3.05, 3.63) is 28.9 Å². The molecular formula is C13H21N3O3. The fourth-order valence-electron chi connectivity index (χ4n) is 1.70. The molecule has 19 heavy (non-hydrogen) atoms. The van der Waals surface area contributed by atoms with E-state index in [1.807, 2.05) is 13.8 Å². The summed E-state index contributed by atoms with van der Waals surface area (Å²) in [7, 11) is 0. The van der Waals surface area contributed by atoms with E-state index in [0.29, 0.717) is 13.0 Å². The molecule has 0 fully saturated rings. The van der Waals surface area contributed by atoms with Crippen LogP contribution in [0.5, 0.6) is 0 Å². The van der Waals surface area contributed by atoms with Crippen LogP contribution >= 0.6 is 0 Å². The van der Waals surface area contributed by atoms with Crippen LogP contribution < -0.4 is 11.0 Å². The van der Waals surface area contributed by atoms with Gasteiger partial charge in [0, 0.05) is 25.5 Å². The number of carbonyl (C=O) groups excluding carboxylic acids is 1. The molecule has 0 saturated heterocycles. The topological polar surface area (TPSA) is 84.2 Å². The zero-order valence-corrected chi connectivity index (χ0v) is 11.4. The monoisotopic (exact) mass is 267 g/mol. The number of nitrogens with zero attached hydrogens (tertiary/aromatic N) is 2. The summed E-state index contributed by atoms with van der Waals surface area (Å²) < 4.78 is 1.26. The van der Waals surface area contributed by atoms with Crippen LogP contribution in [-0.2, 0) is 11.3 Å². The summed E-state index contributed by atoms with van der Waals surface area (Å²) in [6.45, 7) is 4.70. The fraction of sp³-hybridized carbons (Fsp3) is 0.615. The summed E-state index contributed by atoms with van der Waals surface area (Å²) in [4.78, 5) is 26.7. The molecule has 0 aliphatic heterocycles. The maximum Gasteiger partial charge on any atom is 0.347 e. The third-order valence-electron chi connectivity index (χ3n) is 2.87. The standard InChI is InChI=1S/C13H21N3O3/c1-13(2,5-3-8-17)10-15-11(18)9-16-7-4-6-14-12(16)19/h4,6-7,17H,3,5,8-10H2,1-2H3,(H,15,18). The predicted octanol–water partition coefficient (Wildman–Crippen LogP) is 0.158. The predicted molar refractivity (Wildman–Crippen MR) is 71.6 cm³/mol. The summed E-state index contributed by atoms with van der Waals surface area (Å²) in [5.74, 6) is -0.216. The SMILES string of the molecule is CC(C)(CCCO)CNC(=O)Cn1cccnc1=O. The van der Waals surface area contributed by atoms with Crippen molar-refractivity contribution < 1.29 is 9.90 Å². The molecule has 0 atom stereocenters. The van der Waals surface area contributed by atoms with Crippen molar-refractivity contribution in [3.8, 4) is 0 Å². The quantitative estimate of drug-likeness (QED) is 0.737. The number of aliphatic hydroxyl groups excluding tert-OH is 1. The van der Waals surface area contributed by atoms with Gasteiger partial charge in [0.2, 0.25) is 5.91 Å². The van der Waals surface area contributed by atoms with E-state index in [1.165, 1.54) is 17.0 Å². The minimum absolute atomic E-state index is 0.0250. The van der Waals surface area contributed by atoms with Crippen LogP contribution in [0.4, 0.5) is 0 Å². The lowest BCUT2D eigenvalue weighted by Crippen LogP contribution is -2.38. The Hall–Kier alpha value is -1.69. The van der Waals surface area contributed by atoms with Gasteiger partial charge in [-0.05, 0) is 24.3 Å². The van der Waals surface area contributed by atoms with Crippen molar-refractivity contribution in [1.29, 1.82) is 0 Å².